The molecule has 0 unspecified atom stereocenters. The highest BCUT2D eigenvalue weighted by Crippen LogP contribution is 2.15. The summed E-state index contributed by atoms with van der Waals surface area (Å²) < 4.78 is 0. The first-order valence-electron chi connectivity index (χ1n) is 6.23. The van der Waals surface area contributed by atoms with E-state index in [0.717, 1.165) is 25.2 Å². The van der Waals surface area contributed by atoms with Gasteiger partial charge >= 0.3 is 0 Å². The van der Waals surface area contributed by atoms with Crippen molar-refractivity contribution in [3.05, 3.63) is 52.0 Å². The van der Waals surface area contributed by atoms with Crippen LogP contribution in [0.3, 0.4) is 0 Å². The first kappa shape index (κ1) is 13.7. The molecule has 5 heteroatoms. The van der Waals surface area contributed by atoms with Gasteiger partial charge < -0.3 is 5.73 Å². The van der Waals surface area contributed by atoms with Gasteiger partial charge in [0.05, 0.1) is 0 Å². The average molecular weight is 274 g/mol. The van der Waals surface area contributed by atoms with Crippen molar-refractivity contribution in [2.24, 2.45) is 5.73 Å². The molecule has 0 radical (unpaired) electrons. The molecule has 0 amide bonds. The van der Waals surface area contributed by atoms with Gasteiger partial charge in [-0.25, -0.2) is 0 Å². The number of pyridine rings is 1. The zero-order valence-corrected chi connectivity index (χ0v) is 11.8. The van der Waals surface area contributed by atoms with Crippen molar-refractivity contribution < 1.29 is 0 Å². The van der Waals surface area contributed by atoms with Gasteiger partial charge in [0.2, 0.25) is 0 Å². The zero-order chi connectivity index (χ0) is 13.7. The second-order valence-electron chi connectivity index (χ2n) is 4.31. The van der Waals surface area contributed by atoms with E-state index in [9.17, 15) is 0 Å². The molecule has 2 aromatic heterocycles. The lowest BCUT2D eigenvalue weighted by atomic mass is 10.1. The van der Waals surface area contributed by atoms with E-state index >= 15 is 0 Å². The van der Waals surface area contributed by atoms with Crippen LogP contribution in [0, 0.1) is 5.41 Å². The van der Waals surface area contributed by atoms with Gasteiger partial charge in [0, 0.05) is 24.2 Å². The maximum atomic E-state index is 7.57. The summed E-state index contributed by atoms with van der Waals surface area (Å²) in [4.78, 5) is 7.85. The summed E-state index contributed by atoms with van der Waals surface area (Å²) in [6.45, 7) is 4.76. The summed E-state index contributed by atoms with van der Waals surface area (Å²) in [5.41, 5.74) is 7.17. The van der Waals surface area contributed by atoms with Gasteiger partial charge in [-0.3, -0.25) is 15.3 Å². The van der Waals surface area contributed by atoms with Crippen LogP contribution in [-0.4, -0.2) is 22.3 Å². The van der Waals surface area contributed by atoms with Crippen LogP contribution >= 0.6 is 11.3 Å². The molecule has 100 valence electrons. The van der Waals surface area contributed by atoms with E-state index in [1.165, 1.54) is 4.88 Å². The van der Waals surface area contributed by atoms with E-state index < -0.39 is 0 Å². The summed E-state index contributed by atoms with van der Waals surface area (Å²) in [5.74, 6) is 0.0303. The van der Waals surface area contributed by atoms with Gasteiger partial charge in [-0.15, -0.1) is 11.3 Å². The topological polar surface area (TPSA) is 66.0 Å². The van der Waals surface area contributed by atoms with Gasteiger partial charge in [0.25, 0.3) is 0 Å². The molecule has 3 N–H and O–H groups in total. The predicted molar refractivity (Wildman–Crippen MR) is 79.4 cm³/mol. The molecular formula is C14H18N4S. The third kappa shape index (κ3) is 3.62. The maximum Gasteiger partial charge on any atom is 0.142 e. The van der Waals surface area contributed by atoms with Crippen molar-refractivity contribution in [1.29, 1.82) is 5.41 Å². The number of aromatic nitrogens is 1. The number of nitrogens with zero attached hydrogens (tertiary/aromatic N) is 2. The molecule has 0 aromatic carbocycles. The zero-order valence-electron chi connectivity index (χ0n) is 11.0. The molecule has 2 rings (SSSR count). The van der Waals surface area contributed by atoms with Crippen molar-refractivity contribution in [2.45, 2.75) is 20.0 Å². The Morgan fingerprint density at radius 2 is 2.21 bits per heavy atom. The van der Waals surface area contributed by atoms with E-state index in [1.807, 2.05) is 12.1 Å². The quantitative estimate of drug-likeness (QED) is 0.628. The normalized spacial score (nSPS) is 10.8. The lowest BCUT2D eigenvalue weighted by molar-refractivity contribution is 0.273. The van der Waals surface area contributed by atoms with E-state index in [4.69, 9.17) is 11.1 Å². The smallest absolute Gasteiger partial charge is 0.142 e. The maximum absolute atomic E-state index is 7.57. The minimum Gasteiger partial charge on any atom is -0.382 e. The Morgan fingerprint density at radius 3 is 2.84 bits per heavy atom. The van der Waals surface area contributed by atoms with Crippen molar-refractivity contribution in [3.8, 4) is 0 Å². The van der Waals surface area contributed by atoms with E-state index in [0.29, 0.717) is 5.69 Å². The summed E-state index contributed by atoms with van der Waals surface area (Å²) in [6.07, 6.45) is 1.68. The van der Waals surface area contributed by atoms with Crippen molar-refractivity contribution in [1.82, 2.24) is 9.88 Å². The first-order chi connectivity index (χ1) is 9.20. The number of hydrogen-bond donors (Lipinski definition) is 2. The molecule has 0 saturated carbocycles. The van der Waals surface area contributed by atoms with Gasteiger partial charge in [-0.1, -0.05) is 19.1 Å². The Morgan fingerprint density at radius 1 is 1.37 bits per heavy atom. The molecular weight excluding hydrogens is 256 g/mol. The second-order valence-corrected chi connectivity index (χ2v) is 5.34. The van der Waals surface area contributed by atoms with Crippen LogP contribution in [-0.2, 0) is 13.1 Å². The van der Waals surface area contributed by atoms with Crippen molar-refractivity contribution >= 4 is 17.2 Å². The van der Waals surface area contributed by atoms with E-state index in [1.54, 1.807) is 17.5 Å². The van der Waals surface area contributed by atoms with Crippen LogP contribution in [0.5, 0.6) is 0 Å². The molecule has 4 nitrogen and oxygen atoms in total. The van der Waals surface area contributed by atoms with Crippen LogP contribution in [0.25, 0.3) is 0 Å². The second kappa shape index (κ2) is 6.45. The van der Waals surface area contributed by atoms with Gasteiger partial charge in [0.15, 0.2) is 0 Å². The highest BCUT2D eigenvalue weighted by molar-refractivity contribution is 7.09. The van der Waals surface area contributed by atoms with Gasteiger partial charge in [-0.05, 0) is 29.6 Å². The fraction of sp³-hybridized carbons (Fsp3) is 0.286. The molecule has 0 atom stereocenters. The van der Waals surface area contributed by atoms with Crippen molar-refractivity contribution in [2.75, 3.05) is 6.54 Å². The lowest BCUT2D eigenvalue weighted by Gasteiger charge is -2.20. The molecule has 0 fully saturated rings. The number of amidine groups is 1. The average Bonchev–Trinajstić information content (AvgIpc) is 2.91. The standard InChI is InChI=1S/C14H18N4S/c1-2-18(10-12-6-4-8-19-12)9-11-5-3-7-17-13(11)14(15)16/h3-8H,2,9-10H2,1H3,(H3,15,16). The highest BCUT2D eigenvalue weighted by atomic mass is 32.1. The highest BCUT2D eigenvalue weighted by Gasteiger charge is 2.11. The molecule has 2 aromatic rings. The third-order valence-electron chi connectivity index (χ3n) is 2.95. The number of nitrogens with two attached hydrogens (primary N) is 1. The summed E-state index contributed by atoms with van der Waals surface area (Å²) >= 11 is 1.76. The summed E-state index contributed by atoms with van der Waals surface area (Å²) in [5, 5.41) is 9.66. The Labute approximate surface area is 117 Å². The van der Waals surface area contributed by atoms with Crippen LogP contribution in [0.4, 0.5) is 0 Å². The Balaban J connectivity index is 2.12. The van der Waals surface area contributed by atoms with Gasteiger partial charge in [-0.2, -0.15) is 0 Å². The number of nitrogens with one attached hydrogen (secondary N) is 1. The monoisotopic (exact) mass is 274 g/mol. The van der Waals surface area contributed by atoms with Gasteiger partial charge in [0.1, 0.15) is 11.5 Å². The molecule has 2 heterocycles. The SMILES string of the molecule is CCN(Cc1cccs1)Cc1cccnc1C(=N)N. The van der Waals surface area contributed by atoms with Crippen LogP contribution in [0.1, 0.15) is 23.1 Å². The minimum absolute atomic E-state index is 0.0303. The minimum atomic E-state index is 0.0303. The predicted octanol–water partition coefficient (Wildman–Crippen LogP) is 2.45. The summed E-state index contributed by atoms with van der Waals surface area (Å²) in [6, 6.07) is 8.09. The molecule has 0 aliphatic rings. The number of thiophene rings is 1. The molecule has 0 saturated heterocycles. The third-order valence-corrected chi connectivity index (χ3v) is 3.81. The molecule has 19 heavy (non-hydrogen) atoms. The molecule has 0 bridgehead atoms. The van der Waals surface area contributed by atoms with Crippen LogP contribution in [0.15, 0.2) is 35.8 Å². The first-order valence-corrected chi connectivity index (χ1v) is 7.11. The lowest BCUT2D eigenvalue weighted by Crippen LogP contribution is -2.25. The van der Waals surface area contributed by atoms with Crippen LogP contribution in [0.2, 0.25) is 0 Å². The molecule has 0 spiro atoms. The number of rotatable bonds is 6. The van der Waals surface area contributed by atoms with Crippen LogP contribution < -0.4 is 5.73 Å². The Bertz CT molecular complexity index is 536. The van der Waals surface area contributed by atoms with E-state index in [2.05, 4.69) is 34.3 Å². The Kier molecular flexibility index (Phi) is 4.65. The summed E-state index contributed by atoms with van der Waals surface area (Å²) in [7, 11) is 0. The largest absolute Gasteiger partial charge is 0.382 e. The Hall–Kier alpha value is -1.72. The van der Waals surface area contributed by atoms with Crippen molar-refractivity contribution in [3.63, 3.8) is 0 Å². The fourth-order valence-electron chi connectivity index (χ4n) is 1.95. The van der Waals surface area contributed by atoms with E-state index in [-0.39, 0.29) is 5.84 Å². The molecule has 0 aliphatic heterocycles. The molecule has 0 aliphatic carbocycles. The fourth-order valence-corrected chi connectivity index (χ4v) is 2.70. The number of hydrogen-bond acceptors (Lipinski definition) is 4. The number of nitrogen functional groups attached to an aromatic ring is 1.